The summed E-state index contributed by atoms with van der Waals surface area (Å²) in [5.41, 5.74) is 0.478. The molecule has 1 amide bonds. The van der Waals surface area contributed by atoms with Crippen molar-refractivity contribution < 1.29 is 13.9 Å². The molecule has 1 saturated heterocycles. The van der Waals surface area contributed by atoms with Crippen LogP contribution in [0, 0.1) is 11.7 Å². The molecule has 1 aliphatic heterocycles. The average Bonchev–Trinajstić information content (AvgIpc) is 2.49. The zero-order valence-corrected chi connectivity index (χ0v) is 13.7. The molecule has 0 spiro atoms. The number of hydrogen-bond acceptors (Lipinski definition) is 3. The van der Waals surface area contributed by atoms with Gasteiger partial charge in [-0.05, 0) is 57.3 Å². The molecule has 0 saturated carbocycles. The summed E-state index contributed by atoms with van der Waals surface area (Å²) in [5.74, 6) is 0.323. The van der Waals surface area contributed by atoms with Gasteiger partial charge in [0.2, 0.25) is 5.91 Å². The lowest BCUT2D eigenvalue weighted by molar-refractivity contribution is -0.116. The van der Waals surface area contributed by atoms with Gasteiger partial charge in [0.05, 0.1) is 6.61 Å². The minimum absolute atomic E-state index is 0. The first-order chi connectivity index (χ1) is 10.2. The van der Waals surface area contributed by atoms with Gasteiger partial charge in [0.1, 0.15) is 0 Å². The fraction of sp³-hybridized carbons (Fsp3) is 0.562. The number of ether oxygens (including phenoxy) is 1. The average molecular weight is 331 g/mol. The van der Waals surface area contributed by atoms with Gasteiger partial charge < -0.3 is 15.4 Å². The number of carbonyl (C=O) groups is 1. The van der Waals surface area contributed by atoms with E-state index in [2.05, 4.69) is 10.6 Å². The molecule has 0 aliphatic carbocycles. The van der Waals surface area contributed by atoms with Crippen LogP contribution in [0.1, 0.15) is 32.6 Å². The van der Waals surface area contributed by atoms with E-state index in [0.29, 0.717) is 24.6 Å². The number of nitrogens with one attached hydrogen (secondary N) is 2. The lowest BCUT2D eigenvalue weighted by Crippen LogP contribution is -2.28. The number of piperidine rings is 1. The number of rotatable bonds is 6. The van der Waals surface area contributed by atoms with Gasteiger partial charge in [0, 0.05) is 18.2 Å². The maximum absolute atomic E-state index is 13.7. The molecule has 1 aromatic carbocycles. The highest BCUT2D eigenvalue weighted by atomic mass is 35.5. The third-order valence-electron chi connectivity index (χ3n) is 3.75. The Morgan fingerprint density at radius 2 is 2.14 bits per heavy atom. The van der Waals surface area contributed by atoms with Crippen molar-refractivity contribution in [2.45, 2.75) is 32.6 Å². The quantitative estimate of drug-likeness (QED) is 0.841. The van der Waals surface area contributed by atoms with Crippen LogP contribution in [0.15, 0.2) is 18.2 Å². The molecule has 1 heterocycles. The zero-order chi connectivity index (χ0) is 15.1. The van der Waals surface area contributed by atoms with Crippen LogP contribution >= 0.6 is 12.4 Å². The minimum Gasteiger partial charge on any atom is -0.491 e. The largest absolute Gasteiger partial charge is 0.491 e. The second-order valence-electron chi connectivity index (χ2n) is 5.36. The maximum atomic E-state index is 13.7. The third kappa shape index (κ3) is 5.81. The van der Waals surface area contributed by atoms with Crippen LogP contribution in [0.4, 0.5) is 10.1 Å². The second-order valence-corrected chi connectivity index (χ2v) is 5.36. The highest BCUT2D eigenvalue weighted by molar-refractivity contribution is 5.90. The molecular weight excluding hydrogens is 307 g/mol. The minimum atomic E-state index is -0.451. The molecular formula is C16H24ClFN2O2. The second kappa shape index (κ2) is 9.64. The van der Waals surface area contributed by atoms with Crippen molar-refractivity contribution in [3.05, 3.63) is 24.0 Å². The summed E-state index contributed by atoms with van der Waals surface area (Å²) < 4.78 is 18.8. The summed E-state index contributed by atoms with van der Waals surface area (Å²) in [6.07, 6.45) is 3.64. The van der Waals surface area contributed by atoms with E-state index in [-0.39, 0.29) is 24.1 Å². The number of hydrogen-bond donors (Lipinski definition) is 2. The van der Waals surface area contributed by atoms with Crippen LogP contribution in [-0.4, -0.2) is 25.6 Å². The van der Waals surface area contributed by atoms with Crippen molar-refractivity contribution in [2.75, 3.05) is 25.0 Å². The molecule has 1 aliphatic rings. The van der Waals surface area contributed by atoms with Crippen LogP contribution < -0.4 is 15.4 Å². The van der Waals surface area contributed by atoms with Crippen LogP contribution in [0.25, 0.3) is 0 Å². The van der Waals surface area contributed by atoms with Crippen LogP contribution in [0.2, 0.25) is 0 Å². The molecule has 2 N–H and O–H groups in total. The molecule has 0 radical (unpaired) electrons. The summed E-state index contributed by atoms with van der Waals surface area (Å²) in [6.45, 7) is 4.29. The Labute approximate surface area is 137 Å². The van der Waals surface area contributed by atoms with Gasteiger partial charge in [-0.1, -0.05) is 0 Å². The summed E-state index contributed by atoms with van der Waals surface area (Å²) in [4.78, 5) is 11.9. The smallest absolute Gasteiger partial charge is 0.224 e. The van der Waals surface area contributed by atoms with Crippen molar-refractivity contribution in [1.29, 1.82) is 0 Å². The molecule has 0 aromatic heterocycles. The Hall–Kier alpha value is -1.33. The SMILES string of the molecule is CCOc1ccc(NC(=O)CCC2CCNCC2)cc1F.Cl. The molecule has 6 heteroatoms. The molecule has 4 nitrogen and oxygen atoms in total. The monoisotopic (exact) mass is 330 g/mol. The van der Waals surface area contributed by atoms with E-state index in [4.69, 9.17) is 4.74 Å². The van der Waals surface area contributed by atoms with Crippen LogP contribution in [0.5, 0.6) is 5.75 Å². The Morgan fingerprint density at radius 1 is 1.41 bits per heavy atom. The van der Waals surface area contributed by atoms with Crippen molar-refractivity contribution in [2.24, 2.45) is 5.92 Å². The summed E-state index contributed by atoms with van der Waals surface area (Å²) >= 11 is 0. The van der Waals surface area contributed by atoms with E-state index in [1.54, 1.807) is 19.1 Å². The molecule has 22 heavy (non-hydrogen) atoms. The molecule has 124 valence electrons. The van der Waals surface area contributed by atoms with Gasteiger partial charge in [-0.25, -0.2) is 4.39 Å². The third-order valence-corrected chi connectivity index (χ3v) is 3.75. The van der Waals surface area contributed by atoms with Gasteiger partial charge in [-0.2, -0.15) is 0 Å². The Kier molecular flexibility index (Phi) is 8.20. The highest BCUT2D eigenvalue weighted by Gasteiger charge is 2.14. The Balaban J connectivity index is 0.00000242. The predicted octanol–water partition coefficient (Wildman–Crippen LogP) is 3.36. The number of anilines is 1. The van der Waals surface area contributed by atoms with E-state index in [0.717, 1.165) is 32.4 Å². The predicted molar refractivity (Wildman–Crippen MR) is 88.3 cm³/mol. The molecule has 0 unspecified atom stereocenters. The number of halogens is 2. The summed E-state index contributed by atoms with van der Waals surface area (Å²) in [6, 6.07) is 4.51. The summed E-state index contributed by atoms with van der Waals surface area (Å²) in [7, 11) is 0. The number of benzene rings is 1. The van der Waals surface area contributed by atoms with E-state index in [1.807, 2.05) is 0 Å². The van der Waals surface area contributed by atoms with E-state index >= 15 is 0 Å². The number of carbonyl (C=O) groups excluding carboxylic acids is 1. The van der Waals surface area contributed by atoms with Crippen molar-refractivity contribution in [3.63, 3.8) is 0 Å². The maximum Gasteiger partial charge on any atom is 0.224 e. The molecule has 0 atom stereocenters. The molecule has 0 bridgehead atoms. The van der Waals surface area contributed by atoms with Crippen molar-refractivity contribution in [3.8, 4) is 5.75 Å². The van der Waals surface area contributed by atoms with Gasteiger partial charge in [-0.3, -0.25) is 4.79 Å². The van der Waals surface area contributed by atoms with Gasteiger partial charge in [-0.15, -0.1) is 12.4 Å². The molecule has 2 rings (SSSR count). The van der Waals surface area contributed by atoms with Crippen LogP contribution in [-0.2, 0) is 4.79 Å². The van der Waals surface area contributed by atoms with Gasteiger partial charge >= 0.3 is 0 Å². The fourth-order valence-electron chi connectivity index (χ4n) is 2.58. The topological polar surface area (TPSA) is 50.4 Å². The molecule has 1 aromatic rings. The molecule has 1 fully saturated rings. The van der Waals surface area contributed by atoms with E-state index in [9.17, 15) is 9.18 Å². The first-order valence-electron chi connectivity index (χ1n) is 7.62. The van der Waals surface area contributed by atoms with Gasteiger partial charge in [0.15, 0.2) is 11.6 Å². The summed E-state index contributed by atoms with van der Waals surface area (Å²) in [5, 5.41) is 6.05. The first kappa shape index (κ1) is 18.7. The first-order valence-corrected chi connectivity index (χ1v) is 7.62. The zero-order valence-electron chi connectivity index (χ0n) is 12.9. The standard InChI is InChI=1S/C16H23FN2O2.ClH/c1-2-21-15-5-4-13(11-14(15)17)19-16(20)6-3-12-7-9-18-10-8-12;/h4-5,11-12,18H,2-3,6-10H2,1H3,(H,19,20);1H. The fourth-order valence-corrected chi connectivity index (χ4v) is 2.58. The Bertz CT molecular complexity index is 479. The van der Waals surface area contributed by atoms with E-state index in [1.165, 1.54) is 6.07 Å². The number of amides is 1. The lowest BCUT2D eigenvalue weighted by Gasteiger charge is -2.22. The van der Waals surface area contributed by atoms with Gasteiger partial charge in [0.25, 0.3) is 0 Å². The Morgan fingerprint density at radius 3 is 2.77 bits per heavy atom. The van der Waals surface area contributed by atoms with Crippen LogP contribution in [0.3, 0.4) is 0 Å². The van der Waals surface area contributed by atoms with Crippen molar-refractivity contribution in [1.82, 2.24) is 5.32 Å². The van der Waals surface area contributed by atoms with E-state index < -0.39 is 5.82 Å². The van der Waals surface area contributed by atoms with Crippen molar-refractivity contribution >= 4 is 24.0 Å². The lowest BCUT2D eigenvalue weighted by atomic mass is 9.93. The highest BCUT2D eigenvalue weighted by Crippen LogP contribution is 2.22. The normalized spacial score (nSPS) is 15.0.